The summed E-state index contributed by atoms with van der Waals surface area (Å²) in [5, 5.41) is 14.5. The van der Waals surface area contributed by atoms with Crippen molar-refractivity contribution in [2.45, 2.75) is 11.8 Å². The number of fused-ring (bicyclic) bond motifs is 1. The molecule has 1 saturated heterocycles. The molecule has 2 aromatic carbocycles. The zero-order valence-corrected chi connectivity index (χ0v) is 19.4. The third-order valence-corrected chi connectivity index (χ3v) is 7.54. The molecule has 2 N–H and O–H groups in total. The molecule has 0 aliphatic carbocycles. The highest BCUT2D eigenvalue weighted by molar-refractivity contribution is 7.89. The molecular formula is C22H21N7O5S. The van der Waals surface area contributed by atoms with Crippen molar-refractivity contribution < 1.29 is 17.9 Å². The second kappa shape index (κ2) is 9.02. The second-order valence-electron chi connectivity index (χ2n) is 7.91. The van der Waals surface area contributed by atoms with E-state index in [4.69, 9.17) is 4.74 Å². The monoisotopic (exact) mass is 495 g/mol. The summed E-state index contributed by atoms with van der Waals surface area (Å²) in [6.45, 7) is 2.87. The van der Waals surface area contributed by atoms with Crippen molar-refractivity contribution in [3.8, 4) is 5.69 Å². The highest BCUT2D eigenvalue weighted by Crippen LogP contribution is 2.24. The van der Waals surface area contributed by atoms with E-state index in [-0.39, 0.29) is 23.5 Å². The Labute approximate surface area is 199 Å². The first-order chi connectivity index (χ1) is 16.8. The number of carbonyl (C=O) groups excluding carboxylic acids is 1. The number of aromatic amines is 1. The van der Waals surface area contributed by atoms with Gasteiger partial charge in [0.25, 0.3) is 5.91 Å². The van der Waals surface area contributed by atoms with Gasteiger partial charge in [0, 0.05) is 35.7 Å². The van der Waals surface area contributed by atoms with Crippen LogP contribution in [0.3, 0.4) is 0 Å². The number of amides is 1. The molecule has 1 aliphatic rings. The van der Waals surface area contributed by atoms with E-state index in [2.05, 4.69) is 25.8 Å². The molecule has 1 aliphatic heterocycles. The number of rotatable bonds is 5. The van der Waals surface area contributed by atoms with Gasteiger partial charge in [0.15, 0.2) is 5.82 Å². The number of benzene rings is 2. The number of ether oxygens (including phenoxy) is 1. The molecule has 0 saturated carbocycles. The number of nitrogens with zero attached hydrogens (tertiary/aromatic N) is 5. The molecule has 0 atom stereocenters. The Hall–Kier alpha value is -3.94. The Bertz CT molecular complexity index is 1590. The summed E-state index contributed by atoms with van der Waals surface area (Å²) >= 11 is 0. The average molecular weight is 496 g/mol. The number of sulfonamides is 1. The molecule has 180 valence electrons. The van der Waals surface area contributed by atoms with Gasteiger partial charge in [-0.25, -0.2) is 8.42 Å². The van der Waals surface area contributed by atoms with E-state index in [1.807, 2.05) is 0 Å². The van der Waals surface area contributed by atoms with Crippen LogP contribution in [0.2, 0.25) is 0 Å². The van der Waals surface area contributed by atoms with Gasteiger partial charge in [0.2, 0.25) is 15.6 Å². The normalized spacial score (nSPS) is 14.8. The number of tetrazole rings is 1. The highest BCUT2D eigenvalue weighted by atomic mass is 32.2. The number of hydrogen-bond donors (Lipinski definition) is 2. The summed E-state index contributed by atoms with van der Waals surface area (Å²) in [5.41, 5.74) is 1.01. The Balaban J connectivity index is 1.51. The standard InChI is InChI=1S/C22H21N7O5S/c1-14-25-26-27-29(14)16-4-2-3-15(11-16)23-22(31)19-13-21(30)24-20-6-5-17(12-18(19)20)35(32,33)28-7-9-34-10-8-28/h2-6,11-13H,7-10H2,1H3,(H,23,31)(H,24,30). The van der Waals surface area contributed by atoms with Gasteiger partial charge in [0.05, 0.1) is 29.4 Å². The van der Waals surface area contributed by atoms with Crippen LogP contribution in [0, 0.1) is 6.92 Å². The summed E-state index contributed by atoms with van der Waals surface area (Å²) in [6, 6.07) is 12.4. The first-order valence-electron chi connectivity index (χ1n) is 10.7. The third-order valence-electron chi connectivity index (χ3n) is 5.64. The molecule has 0 unspecified atom stereocenters. The number of hydrogen-bond acceptors (Lipinski definition) is 8. The Morgan fingerprint density at radius 3 is 2.66 bits per heavy atom. The molecule has 0 spiro atoms. The molecule has 0 radical (unpaired) electrons. The van der Waals surface area contributed by atoms with E-state index >= 15 is 0 Å². The van der Waals surface area contributed by atoms with Crippen molar-refractivity contribution >= 4 is 32.5 Å². The summed E-state index contributed by atoms with van der Waals surface area (Å²) in [7, 11) is -3.79. The number of carbonyl (C=O) groups is 1. The largest absolute Gasteiger partial charge is 0.379 e. The van der Waals surface area contributed by atoms with Gasteiger partial charge >= 0.3 is 0 Å². The van der Waals surface area contributed by atoms with Gasteiger partial charge in [-0.3, -0.25) is 9.59 Å². The molecule has 0 bridgehead atoms. The molecule has 4 aromatic rings. The average Bonchev–Trinajstić information content (AvgIpc) is 3.29. The summed E-state index contributed by atoms with van der Waals surface area (Å²) in [6.07, 6.45) is 0. The van der Waals surface area contributed by atoms with Crippen LogP contribution in [-0.4, -0.2) is 70.1 Å². The van der Waals surface area contributed by atoms with Crippen LogP contribution in [0.25, 0.3) is 16.6 Å². The van der Waals surface area contributed by atoms with Crippen molar-refractivity contribution in [2.24, 2.45) is 0 Å². The Morgan fingerprint density at radius 2 is 1.91 bits per heavy atom. The number of aryl methyl sites for hydroxylation is 1. The lowest BCUT2D eigenvalue weighted by Gasteiger charge is -2.26. The molecule has 2 aromatic heterocycles. The number of nitrogens with one attached hydrogen (secondary N) is 2. The molecule has 12 nitrogen and oxygen atoms in total. The van der Waals surface area contributed by atoms with Gasteiger partial charge in [-0.2, -0.15) is 8.99 Å². The van der Waals surface area contributed by atoms with Crippen molar-refractivity contribution in [1.82, 2.24) is 29.5 Å². The fourth-order valence-electron chi connectivity index (χ4n) is 3.90. The first-order valence-corrected chi connectivity index (χ1v) is 12.2. The van der Waals surface area contributed by atoms with Gasteiger partial charge < -0.3 is 15.0 Å². The Kier molecular flexibility index (Phi) is 5.88. The lowest BCUT2D eigenvalue weighted by atomic mass is 10.1. The number of aromatic nitrogens is 5. The van der Waals surface area contributed by atoms with Crippen LogP contribution < -0.4 is 10.9 Å². The Morgan fingerprint density at radius 1 is 1.11 bits per heavy atom. The minimum Gasteiger partial charge on any atom is -0.379 e. The van der Waals surface area contributed by atoms with Crippen LogP contribution in [0.15, 0.2) is 58.2 Å². The maximum absolute atomic E-state index is 13.2. The minimum absolute atomic E-state index is 0.0316. The maximum Gasteiger partial charge on any atom is 0.256 e. The summed E-state index contributed by atoms with van der Waals surface area (Å²) in [5.74, 6) is 0.00989. The molecule has 1 fully saturated rings. The van der Waals surface area contributed by atoms with E-state index in [9.17, 15) is 18.0 Å². The van der Waals surface area contributed by atoms with Crippen LogP contribution in [-0.2, 0) is 14.8 Å². The number of morpholine rings is 1. The van der Waals surface area contributed by atoms with Crippen LogP contribution in [0.1, 0.15) is 16.2 Å². The molecule has 5 rings (SSSR count). The van der Waals surface area contributed by atoms with Crippen LogP contribution >= 0.6 is 0 Å². The lowest BCUT2D eigenvalue weighted by molar-refractivity contribution is 0.0730. The van der Waals surface area contributed by atoms with Crippen LogP contribution in [0.5, 0.6) is 0 Å². The van der Waals surface area contributed by atoms with Crippen molar-refractivity contribution in [3.05, 3.63) is 70.3 Å². The zero-order chi connectivity index (χ0) is 24.6. The van der Waals surface area contributed by atoms with E-state index in [0.29, 0.717) is 41.3 Å². The summed E-state index contributed by atoms with van der Waals surface area (Å²) < 4.78 is 34.4. The van der Waals surface area contributed by atoms with E-state index < -0.39 is 21.5 Å². The lowest BCUT2D eigenvalue weighted by Crippen LogP contribution is -2.40. The fourth-order valence-corrected chi connectivity index (χ4v) is 5.34. The molecule has 35 heavy (non-hydrogen) atoms. The van der Waals surface area contributed by atoms with Crippen LogP contribution in [0.4, 0.5) is 5.69 Å². The SMILES string of the molecule is Cc1nnnn1-c1cccc(NC(=O)c2cc(=O)[nH]c3ccc(S(=O)(=O)N4CCOCC4)cc23)c1. The quantitative estimate of drug-likeness (QED) is 0.417. The molecule has 3 heterocycles. The van der Waals surface area contributed by atoms with E-state index in [1.54, 1.807) is 31.2 Å². The van der Waals surface area contributed by atoms with Gasteiger partial charge in [0.1, 0.15) is 0 Å². The molecular weight excluding hydrogens is 474 g/mol. The number of H-pyrrole nitrogens is 1. The maximum atomic E-state index is 13.2. The van der Waals surface area contributed by atoms with Gasteiger partial charge in [-0.05, 0) is 53.7 Å². The number of anilines is 1. The molecule has 1 amide bonds. The zero-order valence-electron chi connectivity index (χ0n) is 18.6. The summed E-state index contributed by atoms with van der Waals surface area (Å²) in [4.78, 5) is 28.1. The second-order valence-corrected chi connectivity index (χ2v) is 9.85. The fraction of sp³-hybridized carbons (Fsp3) is 0.227. The van der Waals surface area contributed by atoms with Crippen molar-refractivity contribution in [1.29, 1.82) is 0 Å². The predicted molar refractivity (Wildman–Crippen MR) is 126 cm³/mol. The van der Waals surface area contributed by atoms with Gasteiger partial charge in [-0.1, -0.05) is 6.07 Å². The van der Waals surface area contributed by atoms with Crippen molar-refractivity contribution in [2.75, 3.05) is 31.6 Å². The smallest absolute Gasteiger partial charge is 0.256 e. The van der Waals surface area contributed by atoms with Gasteiger partial charge in [-0.15, -0.1) is 5.10 Å². The topological polar surface area (TPSA) is 152 Å². The molecule has 13 heteroatoms. The number of pyridine rings is 1. The first kappa shape index (κ1) is 22.8. The third kappa shape index (κ3) is 4.43. The van der Waals surface area contributed by atoms with E-state index in [0.717, 1.165) is 6.07 Å². The van der Waals surface area contributed by atoms with E-state index in [1.165, 1.54) is 27.2 Å². The minimum atomic E-state index is -3.79. The van der Waals surface area contributed by atoms with Crippen molar-refractivity contribution in [3.63, 3.8) is 0 Å². The predicted octanol–water partition coefficient (Wildman–Crippen LogP) is 1.09. The highest BCUT2D eigenvalue weighted by Gasteiger charge is 2.27.